The highest BCUT2D eigenvalue weighted by atomic mass is 16.5. The van der Waals surface area contributed by atoms with Crippen molar-refractivity contribution in [2.24, 2.45) is 0 Å². The van der Waals surface area contributed by atoms with Gasteiger partial charge in [0.25, 0.3) is 5.91 Å². The molecule has 1 aliphatic rings. The average molecular weight is 395 g/mol. The Hall–Kier alpha value is -3.48. The van der Waals surface area contributed by atoms with Gasteiger partial charge in [-0.2, -0.15) is 0 Å². The van der Waals surface area contributed by atoms with Crippen LogP contribution in [0.25, 0.3) is 0 Å². The lowest BCUT2D eigenvalue weighted by Crippen LogP contribution is -2.46. The Kier molecular flexibility index (Phi) is 5.77. The fraction of sp³-hybridized carbons (Fsp3) is 0.273. The molecule has 3 rings (SSSR count). The van der Waals surface area contributed by atoms with Crippen LogP contribution in [0, 0.1) is 13.8 Å². The zero-order valence-corrected chi connectivity index (χ0v) is 17.2. The molecule has 0 aliphatic carbocycles. The first-order valence-corrected chi connectivity index (χ1v) is 9.23. The molecule has 29 heavy (non-hydrogen) atoms. The standard InChI is InChI=1S/C22H25N3O4/c1-12-6-8-17(13(2)10-12)24-21(26)19-14(3)23-22(27)25-20(19)16-11-15(28-4)7-9-18(16)29-5/h6-11,20H,1-5H3,(H,24,26)(H2,23,25,27)/t20-/m0/s1. The van der Waals surface area contributed by atoms with Gasteiger partial charge in [-0.3, -0.25) is 4.79 Å². The number of aryl methyl sites for hydroxylation is 2. The second-order valence-electron chi connectivity index (χ2n) is 6.95. The normalized spacial score (nSPS) is 16.0. The molecule has 1 aliphatic heterocycles. The lowest BCUT2D eigenvalue weighted by atomic mass is 9.93. The Bertz CT molecular complexity index is 998. The summed E-state index contributed by atoms with van der Waals surface area (Å²) in [4.78, 5) is 25.4. The molecule has 1 heterocycles. The zero-order valence-electron chi connectivity index (χ0n) is 17.2. The van der Waals surface area contributed by atoms with Crippen LogP contribution >= 0.6 is 0 Å². The molecule has 2 aromatic rings. The van der Waals surface area contributed by atoms with Gasteiger partial charge in [0.05, 0.1) is 25.8 Å². The van der Waals surface area contributed by atoms with E-state index in [0.29, 0.717) is 34.0 Å². The van der Waals surface area contributed by atoms with Crippen LogP contribution < -0.4 is 25.4 Å². The average Bonchev–Trinajstić information content (AvgIpc) is 2.68. The summed E-state index contributed by atoms with van der Waals surface area (Å²) in [7, 11) is 3.10. The molecule has 2 aromatic carbocycles. The maximum atomic E-state index is 13.2. The van der Waals surface area contributed by atoms with Crippen LogP contribution in [0.15, 0.2) is 47.7 Å². The molecule has 3 N–H and O–H groups in total. The summed E-state index contributed by atoms with van der Waals surface area (Å²) in [6.07, 6.45) is 0. The minimum Gasteiger partial charge on any atom is -0.497 e. The number of carbonyl (C=O) groups is 2. The number of rotatable bonds is 5. The van der Waals surface area contributed by atoms with E-state index in [1.54, 1.807) is 39.3 Å². The fourth-order valence-electron chi connectivity index (χ4n) is 3.44. The Balaban J connectivity index is 2.03. The number of anilines is 1. The van der Waals surface area contributed by atoms with Gasteiger partial charge in [-0.15, -0.1) is 0 Å². The number of urea groups is 1. The van der Waals surface area contributed by atoms with Gasteiger partial charge in [0.1, 0.15) is 11.5 Å². The molecular formula is C22H25N3O4. The molecule has 0 saturated heterocycles. The number of amides is 3. The predicted molar refractivity (Wildman–Crippen MR) is 111 cm³/mol. The Morgan fingerprint density at radius 1 is 1.03 bits per heavy atom. The van der Waals surface area contributed by atoms with Gasteiger partial charge in [-0.25, -0.2) is 4.79 Å². The lowest BCUT2D eigenvalue weighted by molar-refractivity contribution is -0.113. The topological polar surface area (TPSA) is 88.7 Å². The third-order valence-electron chi connectivity index (χ3n) is 4.89. The van der Waals surface area contributed by atoms with Crippen molar-refractivity contribution >= 4 is 17.6 Å². The number of allylic oxidation sites excluding steroid dienone is 1. The van der Waals surface area contributed by atoms with Crippen LogP contribution in [-0.2, 0) is 4.79 Å². The molecule has 3 amide bonds. The number of hydrogen-bond acceptors (Lipinski definition) is 4. The molecule has 0 unspecified atom stereocenters. The van der Waals surface area contributed by atoms with Crippen molar-refractivity contribution in [1.82, 2.24) is 10.6 Å². The van der Waals surface area contributed by atoms with Crippen LogP contribution in [0.4, 0.5) is 10.5 Å². The van der Waals surface area contributed by atoms with E-state index in [1.807, 2.05) is 32.0 Å². The molecule has 0 radical (unpaired) electrons. The number of carbonyl (C=O) groups excluding carboxylic acids is 2. The molecule has 7 heteroatoms. The first-order chi connectivity index (χ1) is 13.8. The van der Waals surface area contributed by atoms with E-state index in [-0.39, 0.29) is 11.9 Å². The van der Waals surface area contributed by atoms with Crippen molar-refractivity contribution in [2.75, 3.05) is 19.5 Å². The van der Waals surface area contributed by atoms with Crippen molar-refractivity contribution < 1.29 is 19.1 Å². The minimum atomic E-state index is -0.695. The highest BCUT2D eigenvalue weighted by molar-refractivity contribution is 6.07. The maximum Gasteiger partial charge on any atom is 0.319 e. The summed E-state index contributed by atoms with van der Waals surface area (Å²) in [5.74, 6) is 0.833. The quantitative estimate of drug-likeness (QED) is 0.722. The van der Waals surface area contributed by atoms with Crippen LogP contribution in [0.3, 0.4) is 0 Å². The SMILES string of the molecule is COc1ccc(OC)c([C@@H]2NC(=O)NC(C)=C2C(=O)Nc2ccc(C)cc2C)c1. The Labute approximate surface area is 170 Å². The molecule has 0 bridgehead atoms. The summed E-state index contributed by atoms with van der Waals surface area (Å²) >= 11 is 0. The predicted octanol–water partition coefficient (Wildman–Crippen LogP) is 3.59. The monoisotopic (exact) mass is 395 g/mol. The summed E-state index contributed by atoms with van der Waals surface area (Å²) in [5, 5.41) is 8.47. The number of ether oxygens (including phenoxy) is 2. The maximum absolute atomic E-state index is 13.2. The Morgan fingerprint density at radius 2 is 1.79 bits per heavy atom. The molecule has 1 atom stereocenters. The Morgan fingerprint density at radius 3 is 2.45 bits per heavy atom. The fourth-order valence-corrected chi connectivity index (χ4v) is 3.44. The highest BCUT2D eigenvalue weighted by Gasteiger charge is 2.33. The molecular weight excluding hydrogens is 370 g/mol. The molecule has 7 nitrogen and oxygen atoms in total. The molecule has 0 fully saturated rings. The van der Waals surface area contributed by atoms with E-state index in [1.165, 1.54) is 0 Å². The second-order valence-corrected chi connectivity index (χ2v) is 6.95. The molecule has 0 saturated carbocycles. The lowest BCUT2D eigenvalue weighted by Gasteiger charge is -2.30. The first kappa shape index (κ1) is 20.3. The van der Waals surface area contributed by atoms with Crippen LogP contribution in [0.2, 0.25) is 0 Å². The summed E-state index contributed by atoms with van der Waals surface area (Å²) in [6.45, 7) is 5.64. The van der Waals surface area contributed by atoms with Crippen molar-refractivity contribution in [2.45, 2.75) is 26.8 Å². The van der Waals surface area contributed by atoms with E-state index in [2.05, 4.69) is 16.0 Å². The third-order valence-corrected chi connectivity index (χ3v) is 4.89. The molecule has 152 valence electrons. The van der Waals surface area contributed by atoms with Crippen molar-refractivity contribution in [3.05, 3.63) is 64.4 Å². The number of nitrogens with one attached hydrogen (secondary N) is 3. The summed E-state index contributed by atoms with van der Waals surface area (Å²) < 4.78 is 10.8. The molecule has 0 spiro atoms. The van der Waals surface area contributed by atoms with Crippen LogP contribution in [0.1, 0.15) is 29.7 Å². The van der Waals surface area contributed by atoms with Crippen molar-refractivity contribution in [3.63, 3.8) is 0 Å². The van der Waals surface area contributed by atoms with Crippen LogP contribution in [0.5, 0.6) is 11.5 Å². The van der Waals surface area contributed by atoms with E-state index < -0.39 is 6.04 Å². The van der Waals surface area contributed by atoms with E-state index in [9.17, 15) is 9.59 Å². The van der Waals surface area contributed by atoms with Crippen LogP contribution in [-0.4, -0.2) is 26.2 Å². The largest absolute Gasteiger partial charge is 0.497 e. The van der Waals surface area contributed by atoms with Gasteiger partial charge in [-0.1, -0.05) is 17.7 Å². The second kappa shape index (κ2) is 8.26. The number of benzene rings is 2. The minimum absolute atomic E-state index is 0.308. The smallest absolute Gasteiger partial charge is 0.319 e. The van der Waals surface area contributed by atoms with Gasteiger partial charge < -0.3 is 25.4 Å². The highest BCUT2D eigenvalue weighted by Crippen LogP contribution is 2.36. The van der Waals surface area contributed by atoms with Crippen molar-refractivity contribution in [3.8, 4) is 11.5 Å². The van der Waals surface area contributed by atoms with E-state index in [0.717, 1.165) is 11.1 Å². The third kappa shape index (κ3) is 4.18. The zero-order chi connectivity index (χ0) is 21.1. The van der Waals surface area contributed by atoms with E-state index in [4.69, 9.17) is 9.47 Å². The first-order valence-electron chi connectivity index (χ1n) is 9.23. The molecule has 0 aromatic heterocycles. The summed E-state index contributed by atoms with van der Waals surface area (Å²) in [6, 6.07) is 9.99. The van der Waals surface area contributed by atoms with Gasteiger partial charge in [-0.05, 0) is 50.6 Å². The summed E-state index contributed by atoms with van der Waals surface area (Å²) in [5.41, 5.74) is 4.30. The van der Waals surface area contributed by atoms with Gasteiger partial charge in [0.15, 0.2) is 0 Å². The number of methoxy groups -OCH3 is 2. The van der Waals surface area contributed by atoms with Gasteiger partial charge in [0, 0.05) is 16.9 Å². The van der Waals surface area contributed by atoms with Gasteiger partial charge >= 0.3 is 6.03 Å². The number of hydrogen-bond donors (Lipinski definition) is 3. The van der Waals surface area contributed by atoms with Gasteiger partial charge in [0.2, 0.25) is 0 Å². The van der Waals surface area contributed by atoms with Crippen molar-refractivity contribution in [1.29, 1.82) is 0 Å². The van der Waals surface area contributed by atoms with E-state index >= 15 is 0 Å².